The minimum absolute atomic E-state index is 0.0241. The molecule has 4 aromatic carbocycles. The number of Topliss-reactive ketones (excluding diaryl/α,β-unsaturated/α-hetero) is 1. The number of aliphatic hydroxyl groups is 2. The van der Waals surface area contributed by atoms with Crippen LogP contribution in [0.2, 0.25) is 0 Å². The Bertz CT molecular complexity index is 2010. The summed E-state index contributed by atoms with van der Waals surface area (Å²) in [5.41, 5.74) is 3.10. The molecule has 0 saturated carbocycles. The van der Waals surface area contributed by atoms with Gasteiger partial charge in [0.25, 0.3) is 0 Å². The van der Waals surface area contributed by atoms with Gasteiger partial charge in [-0.15, -0.1) is 0 Å². The maximum absolute atomic E-state index is 13.6. The van der Waals surface area contributed by atoms with Gasteiger partial charge in [0.2, 0.25) is 0 Å². The van der Waals surface area contributed by atoms with Crippen LogP contribution in [0.1, 0.15) is 56.1 Å². The first-order valence-corrected chi connectivity index (χ1v) is 17.0. The number of esters is 1. The van der Waals surface area contributed by atoms with Crippen molar-refractivity contribution in [3.63, 3.8) is 0 Å². The molecule has 1 fully saturated rings. The molecule has 5 unspecified atom stereocenters. The summed E-state index contributed by atoms with van der Waals surface area (Å²) in [4.78, 5) is 26.8. The van der Waals surface area contributed by atoms with Crippen molar-refractivity contribution >= 4 is 11.8 Å². The van der Waals surface area contributed by atoms with Crippen LogP contribution in [0.5, 0.6) is 46.0 Å². The molecule has 6 rings (SSSR count). The summed E-state index contributed by atoms with van der Waals surface area (Å²) >= 11 is 0. The van der Waals surface area contributed by atoms with Crippen LogP contribution in [0.25, 0.3) is 0 Å². The number of phenolic OH excluding ortho intramolecular Hbond substituents is 3. The number of hydrogen-bond acceptors (Lipinski definition) is 13. The Balaban J connectivity index is 1.27. The van der Waals surface area contributed by atoms with Gasteiger partial charge in [0.15, 0.2) is 51.8 Å². The Labute approximate surface area is 305 Å². The van der Waals surface area contributed by atoms with Gasteiger partial charge in [-0.2, -0.15) is 0 Å². The molecule has 0 aromatic heterocycles. The highest BCUT2D eigenvalue weighted by atomic mass is 16.5. The number of hydrogen-bond donors (Lipinski definition) is 5. The van der Waals surface area contributed by atoms with E-state index in [0.717, 1.165) is 5.56 Å². The fourth-order valence-electron chi connectivity index (χ4n) is 7.29. The smallest absolute Gasteiger partial charge is 0.309 e. The lowest BCUT2D eigenvalue weighted by atomic mass is 9.82. The van der Waals surface area contributed by atoms with Crippen LogP contribution in [0.3, 0.4) is 0 Å². The molecule has 0 spiro atoms. The van der Waals surface area contributed by atoms with Gasteiger partial charge in [0.1, 0.15) is 6.10 Å². The number of fused-ring (bicyclic) bond motifs is 1. The highest BCUT2D eigenvalue weighted by Crippen LogP contribution is 2.52. The van der Waals surface area contributed by atoms with Crippen LogP contribution in [0, 0.1) is 11.8 Å². The zero-order valence-corrected chi connectivity index (χ0v) is 29.7. The summed E-state index contributed by atoms with van der Waals surface area (Å²) in [6.07, 6.45) is 0.00218. The van der Waals surface area contributed by atoms with Crippen molar-refractivity contribution in [2.75, 3.05) is 48.3 Å². The summed E-state index contributed by atoms with van der Waals surface area (Å²) in [6.45, 7) is -0.743. The van der Waals surface area contributed by atoms with E-state index in [1.54, 1.807) is 30.3 Å². The van der Waals surface area contributed by atoms with Gasteiger partial charge >= 0.3 is 5.97 Å². The van der Waals surface area contributed by atoms with E-state index in [1.807, 2.05) is 6.07 Å². The number of phenols is 3. The molecule has 13 heteroatoms. The second kappa shape index (κ2) is 15.5. The van der Waals surface area contributed by atoms with Crippen molar-refractivity contribution in [1.82, 2.24) is 0 Å². The Morgan fingerprint density at radius 1 is 0.774 bits per heavy atom. The second-order valence-corrected chi connectivity index (χ2v) is 13.1. The quantitative estimate of drug-likeness (QED) is 0.0896. The third-order valence-electron chi connectivity index (χ3n) is 10.1. The number of ketones is 1. The molecule has 2 aliphatic rings. The Hall–Kier alpha value is -5.66. The highest BCUT2D eigenvalue weighted by Gasteiger charge is 2.41. The fourth-order valence-corrected chi connectivity index (χ4v) is 7.29. The van der Waals surface area contributed by atoms with E-state index in [1.165, 1.54) is 52.7 Å². The molecular weight excluding hydrogens is 688 g/mol. The summed E-state index contributed by atoms with van der Waals surface area (Å²) in [6, 6.07) is 15.9. The lowest BCUT2D eigenvalue weighted by Gasteiger charge is -2.21. The first kappa shape index (κ1) is 37.1. The normalized spacial score (nSPS) is 19.5. The van der Waals surface area contributed by atoms with E-state index >= 15 is 0 Å². The van der Waals surface area contributed by atoms with Crippen LogP contribution in [0.15, 0.2) is 60.7 Å². The van der Waals surface area contributed by atoms with Gasteiger partial charge in [-0.25, -0.2) is 0 Å². The molecule has 4 aromatic rings. The minimum atomic E-state index is -1.18. The predicted molar refractivity (Wildman–Crippen MR) is 190 cm³/mol. The van der Waals surface area contributed by atoms with E-state index in [9.17, 15) is 35.1 Å². The van der Waals surface area contributed by atoms with E-state index in [0.29, 0.717) is 34.6 Å². The van der Waals surface area contributed by atoms with Gasteiger partial charge in [-0.05, 0) is 72.0 Å². The number of rotatable bonds is 14. The van der Waals surface area contributed by atoms with Crippen molar-refractivity contribution in [2.24, 2.45) is 11.8 Å². The molecule has 2 aliphatic heterocycles. The first-order valence-electron chi connectivity index (χ1n) is 17.0. The van der Waals surface area contributed by atoms with E-state index in [-0.39, 0.29) is 77.1 Å². The van der Waals surface area contributed by atoms with E-state index in [2.05, 4.69) is 0 Å². The molecule has 5 N–H and O–H groups in total. The van der Waals surface area contributed by atoms with Gasteiger partial charge in [-0.3, -0.25) is 9.59 Å². The number of cyclic esters (lactones) is 1. The maximum Gasteiger partial charge on any atom is 0.309 e. The zero-order chi connectivity index (χ0) is 38.0. The van der Waals surface area contributed by atoms with Gasteiger partial charge in [0, 0.05) is 22.6 Å². The van der Waals surface area contributed by atoms with Crippen LogP contribution in [0.4, 0.5) is 0 Å². The Morgan fingerprint density at radius 2 is 1.42 bits per heavy atom. The average Bonchev–Trinajstić information content (AvgIpc) is 3.71. The maximum atomic E-state index is 13.6. The number of methoxy groups -OCH3 is 4. The zero-order valence-electron chi connectivity index (χ0n) is 29.7. The van der Waals surface area contributed by atoms with E-state index in [4.69, 9.17) is 28.4 Å². The molecule has 0 bridgehead atoms. The summed E-state index contributed by atoms with van der Waals surface area (Å²) in [7, 11) is 5.69. The van der Waals surface area contributed by atoms with Crippen molar-refractivity contribution in [3.05, 3.63) is 94.0 Å². The summed E-state index contributed by atoms with van der Waals surface area (Å²) in [5, 5.41) is 52.2. The number of carbonyl (C=O) groups excluding carboxylic acids is 2. The minimum Gasteiger partial charge on any atom is -0.504 e. The molecule has 53 heavy (non-hydrogen) atoms. The largest absolute Gasteiger partial charge is 0.504 e. The van der Waals surface area contributed by atoms with Crippen LogP contribution >= 0.6 is 0 Å². The molecule has 280 valence electrons. The topological polar surface area (TPSA) is 191 Å². The predicted octanol–water partition coefficient (Wildman–Crippen LogP) is 4.58. The average molecular weight is 731 g/mol. The lowest BCUT2D eigenvalue weighted by molar-refractivity contribution is -0.141. The molecule has 2 heterocycles. The number of aromatic hydroxyl groups is 3. The van der Waals surface area contributed by atoms with Crippen LogP contribution in [-0.2, 0) is 22.4 Å². The van der Waals surface area contributed by atoms with Crippen molar-refractivity contribution in [2.45, 2.75) is 30.8 Å². The van der Waals surface area contributed by atoms with Gasteiger partial charge < -0.3 is 54.0 Å². The number of carbonyl (C=O) groups is 2. The molecule has 0 amide bonds. The van der Waals surface area contributed by atoms with Crippen LogP contribution < -0.4 is 23.7 Å². The molecule has 1 saturated heterocycles. The third-order valence-corrected chi connectivity index (χ3v) is 10.1. The number of ether oxygens (including phenoxy) is 6. The molecule has 5 atom stereocenters. The molecular formula is C40H42O13. The van der Waals surface area contributed by atoms with Crippen molar-refractivity contribution in [1.29, 1.82) is 0 Å². The van der Waals surface area contributed by atoms with Gasteiger partial charge in [0.05, 0.1) is 66.0 Å². The summed E-state index contributed by atoms with van der Waals surface area (Å²) in [5.74, 6) is -2.57. The number of aliphatic hydroxyl groups excluding tert-OH is 2. The fraction of sp³-hybridized carbons (Fsp3) is 0.350. The standard InChI is InChI=1S/C40H42O13/c1-48-32-15-22(5-7-30(32)43)36(45)28(17-41)26-11-20(13-34(50-3)37(26)46)9-24-19-52-40(47)25(24)10-21-12-27-29(18-42)38(53-39(27)35(14-21)51-4)23-6-8-31(44)33(16-23)49-2/h5-8,11-16,24-25,28-29,38,41-44,46H,9-10,17-19H2,1-4H3. The first-order chi connectivity index (χ1) is 25.5. The second-order valence-electron chi connectivity index (χ2n) is 13.1. The third kappa shape index (κ3) is 7.09. The van der Waals surface area contributed by atoms with Crippen molar-refractivity contribution in [3.8, 4) is 46.0 Å². The Kier molecular flexibility index (Phi) is 10.9. The van der Waals surface area contributed by atoms with Gasteiger partial charge in [-0.1, -0.05) is 18.2 Å². The molecule has 0 radical (unpaired) electrons. The molecule has 13 nitrogen and oxygen atoms in total. The highest BCUT2D eigenvalue weighted by molar-refractivity contribution is 6.02. The number of benzene rings is 4. The molecule has 0 aliphatic carbocycles. The summed E-state index contributed by atoms with van der Waals surface area (Å²) < 4.78 is 33.5. The SMILES string of the molecule is COc1cc(C(=O)C(CO)c2cc(CC3COC(=O)C3Cc3cc(OC)c4c(c3)C(CO)C(c3ccc(O)c(OC)c3)O4)cc(OC)c2O)ccc1O. The lowest BCUT2D eigenvalue weighted by Crippen LogP contribution is -2.21. The van der Waals surface area contributed by atoms with Crippen molar-refractivity contribution < 1.29 is 63.5 Å². The Morgan fingerprint density at radius 3 is 2.08 bits per heavy atom. The van der Waals surface area contributed by atoms with Crippen LogP contribution in [-0.4, -0.2) is 85.5 Å². The monoisotopic (exact) mass is 730 g/mol. The van der Waals surface area contributed by atoms with E-state index < -0.39 is 36.2 Å².